The van der Waals surface area contributed by atoms with Gasteiger partial charge in [-0.3, -0.25) is 9.36 Å². The van der Waals surface area contributed by atoms with Crippen LogP contribution >= 0.6 is 0 Å². The SMILES string of the molecule is COC[C@H]1O[C@@H](n2cc(C#CCNC(=O)CC(C)C)c(C)nc2=O)[C@H](OC)[C@@H]1OC. The number of rotatable bonds is 8. The molecule has 0 radical (unpaired) electrons. The number of hydrogen-bond donors (Lipinski definition) is 1. The number of amides is 1. The molecule has 0 saturated carbocycles. The molecule has 9 nitrogen and oxygen atoms in total. The number of hydrogen-bond acceptors (Lipinski definition) is 7. The van der Waals surface area contributed by atoms with Crippen LogP contribution in [0.3, 0.4) is 0 Å². The zero-order chi connectivity index (χ0) is 22.3. The molecule has 2 rings (SSSR count). The summed E-state index contributed by atoms with van der Waals surface area (Å²) in [5, 5.41) is 2.76. The fourth-order valence-electron chi connectivity index (χ4n) is 3.35. The molecule has 1 fully saturated rings. The van der Waals surface area contributed by atoms with Crippen molar-refractivity contribution in [3.63, 3.8) is 0 Å². The number of carbonyl (C=O) groups is 1. The van der Waals surface area contributed by atoms with Crippen molar-refractivity contribution >= 4 is 5.91 Å². The second-order valence-electron chi connectivity index (χ2n) is 7.53. The Hall–Kier alpha value is -2.25. The molecule has 4 atom stereocenters. The smallest absolute Gasteiger partial charge is 0.350 e. The molecule has 0 bridgehead atoms. The number of carbonyl (C=O) groups excluding carboxylic acids is 1. The van der Waals surface area contributed by atoms with Crippen LogP contribution < -0.4 is 11.0 Å². The van der Waals surface area contributed by atoms with Gasteiger partial charge in [-0.1, -0.05) is 25.7 Å². The van der Waals surface area contributed by atoms with E-state index in [0.29, 0.717) is 24.3 Å². The predicted molar refractivity (Wildman–Crippen MR) is 110 cm³/mol. The third kappa shape index (κ3) is 5.89. The largest absolute Gasteiger partial charge is 0.382 e. The summed E-state index contributed by atoms with van der Waals surface area (Å²) in [6.07, 6.45) is 0.00766. The Labute approximate surface area is 177 Å². The number of aromatic nitrogens is 2. The second-order valence-corrected chi connectivity index (χ2v) is 7.53. The maximum Gasteiger partial charge on any atom is 0.350 e. The van der Waals surface area contributed by atoms with Crippen LogP contribution in [-0.2, 0) is 23.7 Å². The summed E-state index contributed by atoms with van der Waals surface area (Å²) in [6.45, 7) is 6.18. The van der Waals surface area contributed by atoms with Gasteiger partial charge in [-0.25, -0.2) is 4.79 Å². The minimum atomic E-state index is -0.730. The third-order valence-corrected chi connectivity index (χ3v) is 4.77. The van der Waals surface area contributed by atoms with Gasteiger partial charge >= 0.3 is 5.69 Å². The monoisotopic (exact) mass is 421 g/mol. The van der Waals surface area contributed by atoms with Crippen molar-refractivity contribution in [3.05, 3.63) is 27.9 Å². The summed E-state index contributed by atoms with van der Waals surface area (Å²) >= 11 is 0. The molecule has 1 aliphatic rings. The Morgan fingerprint density at radius 3 is 2.60 bits per heavy atom. The Morgan fingerprint density at radius 1 is 1.30 bits per heavy atom. The van der Waals surface area contributed by atoms with Crippen molar-refractivity contribution in [1.82, 2.24) is 14.9 Å². The van der Waals surface area contributed by atoms with Crippen LogP contribution in [0.4, 0.5) is 0 Å². The van der Waals surface area contributed by atoms with Gasteiger partial charge < -0.3 is 24.3 Å². The summed E-state index contributed by atoms with van der Waals surface area (Å²) in [6, 6.07) is 0. The lowest BCUT2D eigenvalue weighted by molar-refractivity contribution is -0.121. The molecule has 1 N–H and O–H groups in total. The van der Waals surface area contributed by atoms with Gasteiger partial charge in [0.2, 0.25) is 5.91 Å². The van der Waals surface area contributed by atoms with E-state index in [0.717, 1.165) is 0 Å². The fraction of sp³-hybridized carbons (Fsp3) is 0.667. The van der Waals surface area contributed by atoms with Gasteiger partial charge in [-0.05, 0) is 12.8 Å². The Bertz CT molecular complexity index is 841. The molecular formula is C21H31N3O6. The van der Waals surface area contributed by atoms with Crippen LogP contribution in [0.1, 0.15) is 37.8 Å². The van der Waals surface area contributed by atoms with Crippen molar-refractivity contribution in [2.75, 3.05) is 34.5 Å². The second kappa shape index (κ2) is 11.2. The highest BCUT2D eigenvalue weighted by molar-refractivity contribution is 5.76. The number of ether oxygens (including phenoxy) is 4. The van der Waals surface area contributed by atoms with Gasteiger partial charge in [-0.15, -0.1) is 0 Å². The van der Waals surface area contributed by atoms with Crippen LogP contribution in [0, 0.1) is 24.7 Å². The Balaban J connectivity index is 2.23. The van der Waals surface area contributed by atoms with Crippen molar-refractivity contribution in [1.29, 1.82) is 0 Å². The van der Waals surface area contributed by atoms with Crippen LogP contribution in [0.5, 0.6) is 0 Å². The van der Waals surface area contributed by atoms with E-state index in [1.807, 2.05) is 13.8 Å². The lowest BCUT2D eigenvalue weighted by Gasteiger charge is -2.22. The van der Waals surface area contributed by atoms with Gasteiger partial charge in [-0.2, -0.15) is 4.98 Å². The first-order chi connectivity index (χ1) is 14.3. The third-order valence-electron chi connectivity index (χ3n) is 4.77. The molecule has 0 unspecified atom stereocenters. The molecule has 1 aliphatic heterocycles. The molecule has 0 aromatic carbocycles. The summed E-state index contributed by atoms with van der Waals surface area (Å²) in [4.78, 5) is 28.4. The zero-order valence-electron chi connectivity index (χ0n) is 18.4. The topological polar surface area (TPSA) is 101 Å². The van der Waals surface area contributed by atoms with Gasteiger partial charge in [0.1, 0.15) is 18.3 Å². The molecule has 2 heterocycles. The van der Waals surface area contributed by atoms with Crippen molar-refractivity contribution < 1.29 is 23.7 Å². The lowest BCUT2D eigenvalue weighted by Crippen LogP contribution is -2.39. The highest BCUT2D eigenvalue weighted by Gasteiger charge is 2.46. The van der Waals surface area contributed by atoms with Crippen LogP contribution in [0.2, 0.25) is 0 Å². The van der Waals surface area contributed by atoms with E-state index in [-0.39, 0.29) is 18.4 Å². The number of methoxy groups -OCH3 is 3. The molecule has 166 valence electrons. The Morgan fingerprint density at radius 2 is 2.00 bits per heavy atom. The minimum absolute atomic E-state index is 0.0452. The lowest BCUT2D eigenvalue weighted by atomic mass is 10.1. The first-order valence-electron chi connectivity index (χ1n) is 9.87. The molecule has 0 spiro atoms. The predicted octanol–water partition coefficient (Wildman–Crippen LogP) is 0.639. The molecule has 9 heteroatoms. The molecule has 1 saturated heterocycles. The van der Waals surface area contributed by atoms with Gasteiger partial charge in [0.05, 0.1) is 24.4 Å². The summed E-state index contributed by atoms with van der Waals surface area (Å²) < 4.78 is 23.7. The maximum atomic E-state index is 12.6. The normalized spacial score (nSPS) is 23.3. The average molecular weight is 421 g/mol. The zero-order valence-corrected chi connectivity index (χ0v) is 18.4. The molecule has 1 aromatic rings. The Kier molecular flexibility index (Phi) is 8.99. The summed E-state index contributed by atoms with van der Waals surface area (Å²) in [5.41, 5.74) is 0.597. The van der Waals surface area contributed by atoms with Gasteiger partial charge in [0.15, 0.2) is 6.23 Å². The minimum Gasteiger partial charge on any atom is -0.382 e. The highest BCUT2D eigenvalue weighted by Crippen LogP contribution is 2.32. The number of aryl methyl sites for hydroxylation is 1. The first-order valence-corrected chi connectivity index (χ1v) is 9.87. The van der Waals surface area contributed by atoms with E-state index in [1.54, 1.807) is 27.3 Å². The van der Waals surface area contributed by atoms with Crippen molar-refractivity contribution in [2.45, 2.75) is 51.7 Å². The molecule has 1 aromatic heterocycles. The molecule has 0 aliphatic carbocycles. The molecule has 1 amide bonds. The van der Waals surface area contributed by atoms with E-state index < -0.39 is 30.2 Å². The van der Waals surface area contributed by atoms with E-state index in [4.69, 9.17) is 18.9 Å². The van der Waals surface area contributed by atoms with E-state index in [1.165, 1.54) is 11.7 Å². The van der Waals surface area contributed by atoms with Gasteiger partial charge in [0, 0.05) is 33.9 Å². The van der Waals surface area contributed by atoms with Crippen LogP contribution in [0.25, 0.3) is 0 Å². The van der Waals surface area contributed by atoms with E-state index in [9.17, 15) is 9.59 Å². The van der Waals surface area contributed by atoms with Crippen LogP contribution in [-0.4, -0.2) is 68.3 Å². The van der Waals surface area contributed by atoms with Gasteiger partial charge in [0.25, 0.3) is 0 Å². The maximum absolute atomic E-state index is 12.6. The number of nitrogens with one attached hydrogen (secondary N) is 1. The summed E-state index contributed by atoms with van der Waals surface area (Å²) in [7, 11) is 4.67. The average Bonchev–Trinajstić information content (AvgIpc) is 3.03. The first kappa shape index (κ1) is 24.0. The quantitative estimate of drug-likeness (QED) is 0.615. The van der Waals surface area contributed by atoms with E-state index >= 15 is 0 Å². The number of nitrogens with zero attached hydrogens (tertiary/aromatic N) is 2. The fourth-order valence-corrected chi connectivity index (χ4v) is 3.35. The highest BCUT2D eigenvalue weighted by atomic mass is 16.6. The molecule has 30 heavy (non-hydrogen) atoms. The van der Waals surface area contributed by atoms with Crippen LogP contribution in [0.15, 0.2) is 11.0 Å². The standard InChI is InChI=1S/C21H31N3O6/c1-13(2)10-17(25)22-9-7-8-15-11-24(21(26)23-14(15)3)20-19(29-6)18(28-5)16(30-20)12-27-4/h11,13,16,18-20H,9-10,12H2,1-6H3,(H,22,25)/t16-,18-,19-,20-/m1/s1. The molecular weight excluding hydrogens is 390 g/mol. The van der Waals surface area contributed by atoms with E-state index in [2.05, 4.69) is 22.1 Å². The van der Waals surface area contributed by atoms with Crippen molar-refractivity contribution in [2.24, 2.45) is 5.92 Å². The van der Waals surface area contributed by atoms with Crippen molar-refractivity contribution in [3.8, 4) is 11.8 Å². The summed E-state index contributed by atoms with van der Waals surface area (Å²) in [5.74, 6) is 6.11.